The number of methoxy groups -OCH3 is 3. The molecule has 33 heavy (non-hydrogen) atoms. The van der Waals surface area contributed by atoms with Gasteiger partial charge in [0.15, 0.2) is 23.0 Å². The highest BCUT2D eigenvalue weighted by Gasteiger charge is 2.12. The third kappa shape index (κ3) is 7.71. The molecule has 0 aliphatic rings. The van der Waals surface area contributed by atoms with Gasteiger partial charge in [0.1, 0.15) is 0 Å². The van der Waals surface area contributed by atoms with E-state index in [0.717, 1.165) is 19.3 Å². The predicted octanol–water partition coefficient (Wildman–Crippen LogP) is 3.16. The Morgan fingerprint density at radius 1 is 0.970 bits per heavy atom. The summed E-state index contributed by atoms with van der Waals surface area (Å²) in [4.78, 5) is 24.4. The maximum absolute atomic E-state index is 12.3. The molecule has 0 unspecified atom stereocenters. The van der Waals surface area contributed by atoms with E-state index in [1.807, 2.05) is 12.1 Å². The Bertz CT molecular complexity index is 961. The number of nitrogens with zero attached hydrogens (tertiary/aromatic N) is 1. The summed E-state index contributed by atoms with van der Waals surface area (Å²) in [6, 6.07) is 10.2. The quantitative estimate of drug-likeness (QED) is 0.272. The van der Waals surface area contributed by atoms with Gasteiger partial charge in [0.05, 0.1) is 40.7 Å². The van der Waals surface area contributed by atoms with Crippen molar-refractivity contribution < 1.29 is 28.5 Å². The molecule has 0 atom stereocenters. The fourth-order valence-corrected chi connectivity index (χ4v) is 2.93. The van der Waals surface area contributed by atoms with E-state index in [-0.39, 0.29) is 6.54 Å². The molecular weight excluding hydrogens is 426 g/mol. The zero-order valence-electron chi connectivity index (χ0n) is 19.5. The number of carbonyl (C=O) groups is 2. The van der Waals surface area contributed by atoms with E-state index in [4.69, 9.17) is 18.9 Å². The maximum atomic E-state index is 12.3. The monoisotopic (exact) mass is 457 g/mol. The van der Waals surface area contributed by atoms with Crippen LogP contribution in [-0.2, 0) is 4.79 Å². The maximum Gasteiger partial charge on any atom is 0.259 e. The molecule has 9 nitrogen and oxygen atoms in total. The van der Waals surface area contributed by atoms with Crippen molar-refractivity contribution in [2.75, 3.05) is 34.5 Å². The van der Waals surface area contributed by atoms with Crippen molar-refractivity contribution in [3.63, 3.8) is 0 Å². The molecule has 2 rings (SSSR count). The molecule has 0 radical (unpaired) electrons. The van der Waals surface area contributed by atoms with Gasteiger partial charge in [0.25, 0.3) is 11.8 Å². The number of carbonyl (C=O) groups excluding carboxylic acids is 2. The minimum absolute atomic E-state index is 0.247. The summed E-state index contributed by atoms with van der Waals surface area (Å²) in [5.41, 5.74) is 3.40. The zero-order valence-corrected chi connectivity index (χ0v) is 19.5. The highest BCUT2D eigenvalue weighted by molar-refractivity contribution is 5.97. The van der Waals surface area contributed by atoms with Crippen LogP contribution in [0.2, 0.25) is 0 Å². The Hall–Kier alpha value is -3.75. The van der Waals surface area contributed by atoms with Gasteiger partial charge in [-0.1, -0.05) is 25.8 Å². The summed E-state index contributed by atoms with van der Waals surface area (Å²) >= 11 is 0. The van der Waals surface area contributed by atoms with Crippen LogP contribution in [0, 0.1) is 0 Å². The molecule has 0 aliphatic heterocycles. The van der Waals surface area contributed by atoms with E-state index in [2.05, 4.69) is 22.8 Å². The van der Waals surface area contributed by atoms with Gasteiger partial charge in [-0.3, -0.25) is 9.59 Å². The summed E-state index contributed by atoms with van der Waals surface area (Å²) in [6.07, 6.45) is 4.58. The highest BCUT2D eigenvalue weighted by atomic mass is 16.5. The van der Waals surface area contributed by atoms with Gasteiger partial charge < -0.3 is 24.3 Å². The van der Waals surface area contributed by atoms with Gasteiger partial charge in [-0.2, -0.15) is 5.10 Å². The molecule has 2 N–H and O–H groups in total. The van der Waals surface area contributed by atoms with Gasteiger partial charge in [-0.25, -0.2) is 5.43 Å². The number of unbranched alkanes of at least 4 members (excludes halogenated alkanes) is 2. The molecule has 0 saturated heterocycles. The highest BCUT2D eigenvalue weighted by Crippen LogP contribution is 2.30. The van der Waals surface area contributed by atoms with E-state index in [1.165, 1.54) is 26.5 Å². The second-order valence-corrected chi connectivity index (χ2v) is 6.98. The first-order valence-electron chi connectivity index (χ1n) is 10.7. The second kappa shape index (κ2) is 13.6. The second-order valence-electron chi connectivity index (χ2n) is 6.98. The molecule has 0 saturated carbocycles. The fourth-order valence-electron chi connectivity index (χ4n) is 2.93. The van der Waals surface area contributed by atoms with Crippen LogP contribution in [0.4, 0.5) is 0 Å². The molecule has 2 aromatic carbocycles. The SMILES string of the molecule is CCCCCOc1c(/C=N\NC(=O)CNC(=O)c2ccc(OC)c(OC)c2)cccc1OC. The lowest BCUT2D eigenvalue weighted by molar-refractivity contribution is -0.120. The summed E-state index contributed by atoms with van der Waals surface area (Å²) in [7, 11) is 4.56. The third-order valence-corrected chi connectivity index (χ3v) is 4.67. The number of hydrogen-bond donors (Lipinski definition) is 2. The Labute approximate surface area is 194 Å². The van der Waals surface area contributed by atoms with Crippen molar-refractivity contribution in [2.24, 2.45) is 5.10 Å². The normalized spacial score (nSPS) is 10.5. The van der Waals surface area contributed by atoms with E-state index in [1.54, 1.807) is 25.3 Å². The van der Waals surface area contributed by atoms with Crippen molar-refractivity contribution >= 4 is 18.0 Å². The van der Waals surface area contributed by atoms with E-state index in [0.29, 0.717) is 40.7 Å². The van der Waals surface area contributed by atoms with E-state index in [9.17, 15) is 9.59 Å². The topological polar surface area (TPSA) is 107 Å². The zero-order chi connectivity index (χ0) is 24.1. The number of ether oxygens (including phenoxy) is 4. The Morgan fingerprint density at radius 3 is 2.42 bits per heavy atom. The molecule has 0 fully saturated rings. The molecular formula is C24H31N3O6. The Kier molecular flexibility index (Phi) is 10.5. The minimum Gasteiger partial charge on any atom is -0.493 e. The number of para-hydroxylation sites is 1. The number of amides is 2. The molecule has 0 bridgehead atoms. The van der Waals surface area contributed by atoms with Gasteiger partial charge in [-0.15, -0.1) is 0 Å². The number of benzene rings is 2. The van der Waals surface area contributed by atoms with Crippen LogP contribution >= 0.6 is 0 Å². The number of nitrogens with one attached hydrogen (secondary N) is 2. The van der Waals surface area contributed by atoms with Crippen molar-refractivity contribution in [1.82, 2.24) is 10.7 Å². The van der Waals surface area contributed by atoms with Crippen LogP contribution in [0.15, 0.2) is 41.5 Å². The molecule has 0 heterocycles. The summed E-state index contributed by atoms with van der Waals surface area (Å²) < 4.78 is 21.6. The summed E-state index contributed by atoms with van der Waals surface area (Å²) in [5, 5.41) is 6.51. The van der Waals surface area contributed by atoms with Gasteiger partial charge in [-0.05, 0) is 36.8 Å². The van der Waals surface area contributed by atoms with Crippen molar-refractivity contribution in [2.45, 2.75) is 26.2 Å². The van der Waals surface area contributed by atoms with Crippen LogP contribution in [-0.4, -0.2) is 52.5 Å². The van der Waals surface area contributed by atoms with Crippen molar-refractivity contribution in [3.8, 4) is 23.0 Å². The van der Waals surface area contributed by atoms with Crippen LogP contribution in [0.3, 0.4) is 0 Å². The average molecular weight is 458 g/mol. The molecule has 2 amide bonds. The first kappa shape index (κ1) is 25.5. The lowest BCUT2D eigenvalue weighted by atomic mass is 10.2. The van der Waals surface area contributed by atoms with E-state index < -0.39 is 11.8 Å². The molecule has 9 heteroatoms. The molecule has 2 aromatic rings. The smallest absolute Gasteiger partial charge is 0.259 e. The average Bonchev–Trinajstić information content (AvgIpc) is 2.85. The minimum atomic E-state index is -0.478. The summed E-state index contributed by atoms with van der Waals surface area (Å²) in [6.45, 7) is 2.44. The lowest BCUT2D eigenvalue weighted by Crippen LogP contribution is -2.34. The standard InChI is InChI=1S/C24H31N3O6/c1-5-6-7-13-33-23-18(9-8-10-20(23)31-3)15-26-27-22(28)16-25-24(29)17-11-12-19(30-2)21(14-17)32-4/h8-12,14-15H,5-7,13,16H2,1-4H3,(H,25,29)(H,27,28)/b26-15-. The van der Waals surface area contributed by atoms with Crippen LogP contribution < -0.4 is 29.7 Å². The lowest BCUT2D eigenvalue weighted by Gasteiger charge is -2.13. The van der Waals surface area contributed by atoms with Crippen molar-refractivity contribution in [1.29, 1.82) is 0 Å². The van der Waals surface area contributed by atoms with E-state index >= 15 is 0 Å². The molecule has 0 aromatic heterocycles. The number of hydrogen-bond acceptors (Lipinski definition) is 7. The van der Waals surface area contributed by atoms with Crippen LogP contribution in [0.1, 0.15) is 42.1 Å². The van der Waals surface area contributed by atoms with Crippen LogP contribution in [0.5, 0.6) is 23.0 Å². The molecule has 178 valence electrons. The fraction of sp³-hybridized carbons (Fsp3) is 0.375. The Morgan fingerprint density at radius 2 is 1.73 bits per heavy atom. The predicted molar refractivity (Wildman–Crippen MR) is 126 cm³/mol. The largest absolute Gasteiger partial charge is 0.493 e. The number of hydrazone groups is 1. The molecule has 0 spiro atoms. The van der Waals surface area contributed by atoms with Crippen molar-refractivity contribution in [3.05, 3.63) is 47.5 Å². The first-order chi connectivity index (χ1) is 16.0. The Balaban J connectivity index is 1.93. The third-order valence-electron chi connectivity index (χ3n) is 4.67. The van der Waals surface area contributed by atoms with Crippen LogP contribution in [0.25, 0.3) is 0 Å². The number of rotatable bonds is 13. The molecule has 0 aliphatic carbocycles. The van der Waals surface area contributed by atoms with Gasteiger partial charge in [0, 0.05) is 11.1 Å². The van der Waals surface area contributed by atoms with Gasteiger partial charge >= 0.3 is 0 Å². The first-order valence-corrected chi connectivity index (χ1v) is 10.7. The van der Waals surface area contributed by atoms with Gasteiger partial charge in [0.2, 0.25) is 0 Å². The summed E-state index contributed by atoms with van der Waals surface area (Å²) in [5.74, 6) is 1.18.